The van der Waals surface area contributed by atoms with E-state index in [1.54, 1.807) is 19.1 Å². The lowest BCUT2D eigenvalue weighted by Gasteiger charge is -2.21. The SMILES string of the molecule is CCOC(=O)c1c(-c2ccc(F)cc2)nc2c(c1C)CCCC2. The Labute approximate surface area is 135 Å². The van der Waals surface area contributed by atoms with Crippen LogP contribution in [0, 0.1) is 12.7 Å². The fourth-order valence-electron chi connectivity index (χ4n) is 3.21. The molecule has 0 spiro atoms. The summed E-state index contributed by atoms with van der Waals surface area (Å²) in [6, 6.07) is 6.10. The number of benzene rings is 1. The van der Waals surface area contributed by atoms with Crippen LogP contribution in [0.5, 0.6) is 0 Å². The molecule has 1 aliphatic rings. The van der Waals surface area contributed by atoms with Gasteiger partial charge in [0.15, 0.2) is 0 Å². The molecular weight excluding hydrogens is 293 g/mol. The van der Waals surface area contributed by atoms with Crippen molar-refractivity contribution in [2.75, 3.05) is 6.61 Å². The molecule has 3 nitrogen and oxygen atoms in total. The minimum atomic E-state index is -0.356. The monoisotopic (exact) mass is 313 g/mol. The molecule has 0 bridgehead atoms. The van der Waals surface area contributed by atoms with Gasteiger partial charge in [0.05, 0.1) is 17.9 Å². The highest BCUT2D eigenvalue weighted by Gasteiger charge is 2.25. The Hall–Kier alpha value is -2.23. The summed E-state index contributed by atoms with van der Waals surface area (Å²) < 4.78 is 18.5. The van der Waals surface area contributed by atoms with E-state index in [1.165, 1.54) is 17.7 Å². The topological polar surface area (TPSA) is 39.2 Å². The minimum Gasteiger partial charge on any atom is -0.462 e. The third-order valence-electron chi connectivity index (χ3n) is 4.35. The smallest absolute Gasteiger partial charge is 0.340 e. The Morgan fingerprint density at radius 2 is 1.91 bits per heavy atom. The summed E-state index contributed by atoms with van der Waals surface area (Å²) in [5, 5.41) is 0. The van der Waals surface area contributed by atoms with Crippen molar-refractivity contribution in [3.63, 3.8) is 0 Å². The zero-order chi connectivity index (χ0) is 16.4. The summed E-state index contributed by atoms with van der Waals surface area (Å²) in [4.78, 5) is 17.2. The highest BCUT2D eigenvalue weighted by molar-refractivity contribution is 5.98. The van der Waals surface area contributed by atoms with Crippen LogP contribution in [0.3, 0.4) is 0 Å². The van der Waals surface area contributed by atoms with Gasteiger partial charge in [0.2, 0.25) is 0 Å². The highest BCUT2D eigenvalue weighted by Crippen LogP contribution is 2.32. The number of hydrogen-bond acceptors (Lipinski definition) is 3. The van der Waals surface area contributed by atoms with Crippen molar-refractivity contribution in [3.8, 4) is 11.3 Å². The van der Waals surface area contributed by atoms with Crippen LogP contribution in [0.2, 0.25) is 0 Å². The van der Waals surface area contributed by atoms with Gasteiger partial charge < -0.3 is 4.74 Å². The first-order valence-corrected chi connectivity index (χ1v) is 8.07. The first kappa shape index (κ1) is 15.7. The number of carbonyl (C=O) groups is 1. The quantitative estimate of drug-likeness (QED) is 0.795. The van der Waals surface area contributed by atoms with Gasteiger partial charge in [0, 0.05) is 11.3 Å². The normalized spacial score (nSPS) is 13.5. The molecule has 0 atom stereocenters. The molecule has 0 aliphatic heterocycles. The summed E-state index contributed by atoms with van der Waals surface area (Å²) in [6.45, 7) is 4.07. The van der Waals surface area contributed by atoms with Crippen LogP contribution in [-0.4, -0.2) is 17.6 Å². The van der Waals surface area contributed by atoms with Crippen LogP contribution in [0.1, 0.15) is 46.9 Å². The third-order valence-corrected chi connectivity index (χ3v) is 4.35. The van der Waals surface area contributed by atoms with Crippen LogP contribution in [0.4, 0.5) is 4.39 Å². The Morgan fingerprint density at radius 3 is 2.61 bits per heavy atom. The summed E-state index contributed by atoms with van der Waals surface area (Å²) in [6.07, 6.45) is 4.10. The molecule has 3 rings (SSSR count). The van der Waals surface area contributed by atoms with Crippen molar-refractivity contribution in [2.24, 2.45) is 0 Å². The van der Waals surface area contributed by atoms with Gasteiger partial charge in [-0.15, -0.1) is 0 Å². The number of rotatable bonds is 3. The Morgan fingerprint density at radius 1 is 1.22 bits per heavy atom. The van der Waals surface area contributed by atoms with Gasteiger partial charge in [0.25, 0.3) is 0 Å². The lowest BCUT2D eigenvalue weighted by molar-refractivity contribution is 0.0526. The first-order valence-electron chi connectivity index (χ1n) is 8.07. The van der Waals surface area contributed by atoms with E-state index in [9.17, 15) is 9.18 Å². The highest BCUT2D eigenvalue weighted by atomic mass is 19.1. The van der Waals surface area contributed by atoms with E-state index in [4.69, 9.17) is 9.72 Å². The van der Waals surface area contributed by atoms with E-state index in [-0.39, 0.29) is 11.8 Å². The third kappa shape index (κ3) is 2.98. The van der Waals surface area contributed by atoms with E-state index >= 15 is 0 Å². The number of ether oxygens (including phenoxy) is 1. The molecule has 4 heteroatoms. The average Bonchev–Trinajstić information content (AvgIpc) is 2.55. The van der Waals surface area contributed by atoms with Crippen LogP contribution < -0.4 is 0 Å². The first-order chi connectivity index (χ1) is 11.1. The number of esters is 1. The van der Waals surface area contributed by atoms with Gasteiger partial charge >= 0.3 is 5.97 Å². The Balaban J connectivity index is 2.21. The molecule has 0 amide bonds. The average molecular weight is 313 g/mol. The summed E-state index contributed by atoms with van der Waals surface area (Å²) in [5.41, 5.74) is 5.03. The molecule has 1 heterocycles. The maximum Gasteiger partial charge on any atom is 0.340 e. The number of fused-ring (bicyclic) bond motifs is 1. The van der Waals surface area contributed by atoms with Crippen molar-refractivity contribution < 1.29 is 13.9 Å². The molecule has 0 N–H and O–H groups in total. The van der Waals surface area contributed by atoms with E-state index in [2.05, 4.69) is 0 Å². The maximum atomic E-state index is 13.2. The molecule has 0 unspecified atom stereocenters. The molecule has 0 radical (unpaired) electrons. The van der Waals surface area contributed by atoms with Gasteiger partial charge in [-0.1, -0.05) is 0 Å². The fourth-order valence-corrected chi connectivity index (χ4v) is 3.21. The largest absolute Gasteiger partial charge is 0.462 e. The molecule has 23 heavy (non-hydrogen) atoms. The van der Waals surface area contributed by atoms with Crippen molar-refractivity contribution in [2.45, 2.75) is 39.5 Å². The van der Waals surface area contributed by atoms with Crippen LogP contribution in [-0.2, 0) is 17.6 Å². The Kier molecular flexibility index (Phi) is 4.42. The number of aromatic nitrogens is 1. The number of hydrogen-bond donors (Lipinski definition) is 0. The van der Waals surface area contributed by atoms with Crippen molar-refractivity contribution in [1.29, 1.82) is 0 Å². The van der Waals surface area contributed by atoms with Gasteiger partial charge in [-0.2, -0.15) is 0 Å². The molecule has 1 aromatic heterocycles. The van der Waals surface area contributed by atoms with E-state index in [0.717, 1.165) is 42.5 Å². The number of nitrogens with zero attached hydrogens (tertiary/aromatic N) is 1. The fraction of sp³-hybridized carbons (Fsp3) is 0.368. The summed E-state index contributed by atoms with van der Waals surface area (Å²) in [5.74, 6) is -0.661. The number of aryl methyl sites for hydroxylation is 1. The lowest BCUT2D eigenvalue weighted by atomic mass is 9.88. The van der Waals surface area contributed by atoms with Gasteiger partial charge in [-0.3, -0.25) is 4.98 Å². The Bertz CT molecular complexity index is 738. The lowest BCUT2D eigenvalue weighted by Crippen LogP contribution is -2.16. The second-order valence-corrected chi connectivity index (χ2v) is 5.82. The van der Waals surface area contributed by atoms with Crippen LogP contribution >= 0.6 is 0 Å². The summed E-state index contributed by atoms with van der Waals surface area (Å²) in [7, 11) is 0. The number of pyridine rings is 1. The van der Waals surface area contributed by atoms with E-state index < -0.39 is 0 Å². The number of carbonyl (C=O) groups excluding carboxylic acids is 1. The second kappa shape index (κ2) is 6.49. The molecule has 0 fully saturated rings. The standard InChI is InChI=1S/C19H20FNO2/c1-3-23-19(22)17-12(2)15-6-4-5-7-16(15)21-18(17)13-8-10-14(20)11-9-13/h8-11H,3-7H2,1-2H3. The molecule has 120 valence electrons. The predicted octanol–water partition coefficient (Wildman–Crippen LogP) is 4.25. The second-order valence-electron chi connectivity index (χ2n) is 5.82. The predicted molar refractivity (Wildman–Crippen MR) is 87.0 cm³/mol. The van der Waals surface area contributed by atoms with Crippen molar-refractivity contribution >= 4 is 5.97 Å². The minimum absolute atomic E-state index is 0.305. The number of halogens is 1. The molecule has 0 saturated heterocycles. The van der Waals surface area contributed by atoms with Gasteiger partial charge in [-0.05, 0) is 74.9 Å². The van der Waals surface area contributed by atoms with Crippen molar-refractivity contribution in [1.82, 2.24) is 4.98 Å². The molecular formula is C19H20FNO2. The molecule has 0 saturated carbocycles. The van der Waals surface area contributed by atoms with Gasteiger partial charge in [-0.25, -0.2) is 9.18 Å². The molecule has 2 aromatic rings. The zero-order valence-electron chi connectivity index (χ0n) is 13.5. The van der Waals surface area contributed by atoms with Crippen LogP contribution in [0.25, 0.3) is 11.3 Å². The van der Waals surface area contributed by atoms with Gasteiger partial charge in [0.1, 0.15) is 5.82 Å². The molecule has 1 aliphatic carbocycles. The maximum absolute atomic E-state index is 13.2. The van der Waals surface area contributed by atoms with E-state index in [1.807, 2.05) is 6.92 Å². The van der Waals surface area contributed by atoms with Crippen molar-refractivity contribution in [3.05, 3.63) is 52.5 Å². The zero-order valence-corrected chi connectivity index (χ0v) is 13.5. The van der Waals surface area contributed by atoms with Crippen LogP contribution in [0.15, 0.2) is 24.3 Å². The molecule has 1 aromatic carbocycles. The van der Waals surface area contributed by atoms with E-state index in [0.29, 0.717) is 17.9 Å². The summed E-state index contributed by atoms with van der Waals surface area (Å²) >= 11 is 0.